The van der Waals surface area contributed by atoms with E-state index >= 15 is 0 Å². The second kappa shape index (κ2) is 8.12. The summed E-state index contributed by atoms with van der Waals surface area (Å²) in [6, 6.07) is 7.22. The molecule has 1 unspecified atom stereocenters. The largest absolute Gasteiger partial charge is 0.325 e. The van der Waals surface area contributed by atoms with Crippen LogP contribution in [0, 0.1) is 6.92 Å². The monoisotopic (exact) mass is 325 g/mol. The predicted molar refractivity (Wildman–Crippen MR) is 91.0 cm³/mol. The molecule has 2 rings (SSSR count). The number of nitrogens with zero attached hydrogens (tertiary/aromatic N) is 1. The van der Waals surface area contributed by atoms with E-state index in [0.717, 1.165) is 28.4 Å². The third-order valence-electron chi connectivity index (χ3n) is 2.98. The Morgan fingerprint density at radius 1 is 1.48 bits per heavy atom. The molecule has 0 spiro atoms. The Kier molecular flexibility index (Phi) is 6.81. The van der Waals surface area contributed by atoms with Crippen molar-refractivity contribution in [2.24, 2.45) is 5.73 Å². The quantitative estimate of drug-likeness (QED) is 0.882. The number of carbonyl (C=O) groups excluding carboxylic acids is 1. The number of anilines is 1. The fourth-order valence-electron chi connectivity index (χ4n) is 1.93. The number of halogens is 1. The van der Waals surface area contributed by atoms with Gasteiger partial charge in [0, 0.05) is 16.6 Å². The minimum absolute atomic E-state index is 0. The topological polar surface area (TPSA) is 68.0 Å². The summed E-state index contributed by atoms with van der Waals surface area (Å²) >= 11 is 1.61. The predicted octanol–water partition coefficient (Wildman–Crippen LogP) is 3.61. The van der Waals surface area contributed by atoms with Crippen LogP contribution in [0.15, 0.2) is 29.6 Å². The van der Waals surface area contributed by atoms with E-state index in [1.165, 1.54) is 0 Å². The normalized spacial score (nSPS) is 11.6. The lowest BCUT2D eigenvalue weighted by atomic mass is 10.1. The molecule has 2 aromatic rings. The molecule has 1 aromatic carbocycles. The first-order valence-electron chi connectivity index (χ1n) is 6.69. The van der Waals surface area contributed by atoms with E-state index in [9.17, 15) is 4.79 Å². The Morgan fingerprint density at radius 3 is 2.86 bits per heavy atom. The fourth-order valence-corrected chi connectivity index (χ4v) is 2.55. The van der Waals surface area contributed by atoms with Crippen LogP contribution in [0.4, 0.5) is 5.69 Å². The SMILES string of the molecule is CCCC(N)C(=O)Nc1cccc(-c2csc(C)n2)c1.Cl. The van der Waals surface area contributed by atoms with Gasteiger partial charge in [0.1, 0.15) is 0 Å². The van der Waals surface area contributed by atoms with Gasteiger partial charge in [0.15, 0.2) is 0 Å². The van der Waals surface area contributed by atoms with E-state index in [1.54, 1.807) is 11.3 Å². The van der Waals surface area contributed by atoms with Crippen molar-refractivity contribution in [1.82, 2.24) is 4.98 Å². The van der Waals surface area contributed by atoms with Crippen LogP contribution in [0.2, 0.25) is 0 Å². The van der Waals surface area contributed by atoms with Crippen molar-refractivity contribution in [2.45, 2.75) is 32.7 Å². The Morgan fingerprint density at radius 2 is 2.24 bits per heavy atom. The Balaban J connectivity index is 0.00000220. The van der Waals surface area contributed by atoms with Gasteiger partial charge in [0.2, 0.25) is 5.91 Å². The summed E-state index contributed by atoms with van der Waals surface area (Å²) in [5.41, 5.74) is 8.49. The molecule has 6 heteroatoms. The number of hydrogen-bond acceptors (Lipinski definition) is 4. The number of carbonyl (C=O) groups is 1. The first-order chi connectivity index (χ1) is 9.60. The summed E-state index contributed by atoms with van der Waals surface area (Å²) in [6.45, 7) is 3.99. The molecule has 21 heavy (non-hydrogen) atoms. The summed E-state index contributed by atoms with van der Waals surface area (Å²) < 4.78 is 0. The first-order valence-corrected chi connectivity index (χ1v) is 7.57. The standard InChI is InChI=1S/C15H19N3OS.ClH/c1-3-5-13(16)15(19)18-12-7-4-6-11(8-12)14-9-20-10(2)17-14;/h4,6-9,13H,3,5,16H2,1-2H3,(H,18,19);1H. The third-order valence-corrected chi connectivity index (χ3v) is 3.75. The van der Waals surface area contributed by atoms with E-state index in [0.29, 0.717) is 6.42 Å². The molecule has 1 aromatic heterocycles. The number of benzene rings is 1. The van der Waals surface area contributed by atoms with Crippen LogP contribution in [0.1, 0.15) is 24.8 Å². The molecular weight excluding hydrogens is 306 g/mol. The highest BCUT2D eigenvalue weighted by Crippen LogP contribution is 2.24. The van der Waals surface area contributed by atoms with Crippen LogP contribution in [0.3, 0.4) is 0 Å². The van der Waals surface area contributed by atoms with Gasteiger partial charge in [-0.25, -0.2) is 4.98 Å². The van der Waals surface area contributed by atoms with E-state index in [1.807, 2.05) is 43.5 Å². The fraction of sp³-hybridized carbons (Fsp3) is 0.333. The highest BCUT2D eigenvalue weighted by molar-refractivity contribution is 7.09. The number of aryl methyl sites for hydroxylation is 1. The molecule has 0 saturated carbocycles. The average molecular weight is 326 g/mol. The molecule has 3 N–H and O–H groups in total. The highest BCUT2D eigenvalue weighted by atomic mass is 35.5. The Labute approximate surface area is 135 Å². The van der Waals surface area contributed by atoms with E-state index < -0.39 is 6.04 Å². The van der Waals surface area contributed by atoms with E-state index in [2.05, 4.69) is 10.3 Å². The maximum Gasteiger partial charge on any atom is 0.241 e. The van der Waals surface area contributed by atoms with Gasteiger partial charge >= 0.3 is 0 Å². The molecule has 0 aliphatic carbocycles. The van der Waals surface area contributed by atoms with Crippen LogP contribution >= 0.6 is 23.7 Å². The van der Waals surface area contributed by atoms with E-state index in [-0.39, 0.29) is 18.3 Å². The lowest BCUT2D eigenvalue weighted by Gasteiger charge is -2.11. The van der Waals surface area contributed by atoms with Crippen molar-refractivity contribution in [3.05, 3.63) is 34.7 Å². The minimum atomic E-state index is -0.454. The van der Waals surface area contributed by atoms with Crippen molar-refractivity contribution in [1.29, 1.82) is 0 Å². The van der Waals surface area contributed by atoms with Crippen molar-refractivity contribution < 1.29 is 4.79 Å². The molecule has 0 aliphatic heterocycles. The Bertz CT molecular complexity index is 600. The zero-order valence-electron chi connectivity index (χ0n) is 12.1. The Hall–Kier alpha value is -1.43. The zero-order chi connectivity index (χ0) is 14.5. The van der Waals surface area contributed by atoms with Gasteiger partial charge < -0.3 is 11.1 Å². The molecule has 0 fully saturated rings. The van der Waals surface area contributed by atoms with Crippen LogP contribution in [-0.2, 0) is 4.79 Å². The van der Waals surface area contributed by atoms with Crippen LogP contribution in [0.5, 0.6) is 0 Å². The van der Waals surface area contributed by atoms with Crippen LogP contribution < -0.4 is 11.1 Å². The molecule has 1 atom stereocenters. The van der Waals surface area contributed by atoms with Crippen molar-refractivity contribution in [3.63, 3.8) is 0 Å². The van der Waals surface area contributed by atoms with Gasteiger partial charge in [-0.2, -0.15) is 0 Å². The number of nitrogens with two attached hydrogens (primary N) is 1. The maximum absolute atomic E-state index is 11.9. The summed E-state index contributed by atoms with van der Waals surface area (Å²) in [5.74, 6) is -0.140. The maximum atomic E-state index is 11.9. The molecule has 0 aliphatic rings. The second-order valence-electron chi connectivity index (χ2n) is 4.72. The molecule has 1 amide bonds. The van der Waals surface area contributed by atoms with Crippen molar-refractivity contribution in [2.75, 3.05) is 5.32 Å². The summed E-state index contributed by atoms with van der Waals surface area (Å²) in [7, 11) is 0. The molecule has 114 valence electrons. The van der Waals surface area contributed by atoms with Gasteiger partial charge in [-0.15, -0.1) is 23.7 Å². The average Bonchev–Trinajstić information content (AvgIpc) is 2.86. The van der Waals surface area contributed by atoms with Crippen LogP contribution in [0.25, 0.3) is 11.3 Å². The molecule has 0 radical (unpaired) electrons. The van der Waals surface area contributed by atoms with Gasteiger partial charge in [-0.1, -0.05) is 25.5 Å². The lowest BCUT2D eigenvalue weighted by molar-refractivity contribution is -0.117. The summed E-state index contributed by atoms with van der Waals surface area (Å²) in [6.07, 6.45) is 1.59. The number of thiazole rings is 1. The number of rotatable bonds is 5. The zero-order valence-corrected chi connectivity index (χ0v) is 13.8. The minimum Gasteiger partial charge on any atom is -0.325 e. The summed E-state index contributed by atoms with van der Waals surface area (Å²) in [5, 5.41) is 5.90. The van der Waals surface area contributed by atoms with Crippen molar-refractivity contribution in [3.8, 4) is 11.3 Å². The van der Waals surface area contributed by atoms with Crippen LogP contribution in [-0.4, -0.2) is 16.9 Å². The smallest absolute Gasteiger partial charge is 0.241 e. The van der Waals surface area contributed by atoms with Gasteiger partial charge in [-0.3, -0.25) is 4.79 Å². The number of hydrogen-bond donors (Lipinski definition) is 2. The van der Waals surface area contributed by atoms with Gasteiger partial charge in [0.25, 0.3) is 0 Å². The number of aromatic nitrogens is 1. The van der Waals surface area contributed by atoms with Crippen molar-refractivity contribution >= 4 is 35.3 Å². The molecule has 0 saturated heterocycles. The first kappa shape index (κ1) is 17.6. The third kappa shape index (κ3) is 4.81. The molecule has 1 heterocycles. The highest BCUT2D eigenvalue weighted by Gasteiger charge is 2.12. The molecule has 0 bridgehead atoms. The van der Waals surface area contributed by atoms with Gasteiger partial charge in [0.05, 0.1) is 16.7 Å². The van der Waals surface area contributed by atoms with Gasteiger partial charge in [-0.05, 0) is 25.5 Å². The number of amides is 1. The summed E-state index contributed by atoms with van der Waals surface area (Å²) in [4.78, 5) is 16.4. The van der Waals surface area contributed by atoms with E-state index in [4.69, 9.17) is 5.73 Å². The lowest BCUT2D eigenvalue weighted by Crippen LogP contribution is -2.35. The number of nitrogens with one attached hydrogen (secondary N) is 1. The molecular formula is C15H20ClN3OS. The second-order valence-corrected chi connectivity index (χ2v) is 5.78. The molecule has 4 nitrogen and oxygen atoms in total.